The molecule has 14 heavy (non-hydrogen) atoms. The maximum atomic E-state index is 12.2. The minimum Gasteiger partial charge on any atom is -0.303 e. The van der Waals surface area contributed by atoms with Gasteiger partial charge in [-0.25, -0.2) is 0 Å². The highest BCUT2D eigenvalue weighted by molar-refractivity contribution is 4.84. The van der Waals surface area contributed by atoms with Crippen molar-refractivity contribution in [2.45, 2.75) is 32.1 Å². The molecule has 0 N–H and O–H groups in total. The van der Waals surface area contributed by atoms with Gasteiger partial charge in [0.2, 0.25) is 0 Å². The third kappa shape index (κ3) is 3.13. The van der Waals surface area contributed by atoms with E-state index in [9.17, 15) is 13.2 Å². The zero-order valence-electron chi connectivity index (χ0n) is 8.80. The molecule has 0 radical (unpaired) electrons. The standard InChI is InChI=1S/C9H17F3N2/c1-7-4-13(3)5-8(2)14(7)6-9(10,11)12/h7-8H,4-6H2,1-3H3. The molecule has 2 nitrogen and oxygen atoms in total. The van der Waals surface area contributed by atoms with Crippen LogP contribution in [0.2, 0.25) is 0 Å². The van der Waals surface area contributed by atoms with E-state index < -0.39 is 12.7 Å². The van der Waals surface area contributed by atoms with Crippen molar-refractivity contribution in [3.8, 4) is 0 Å². The van der Waals surface area contributed by atoms with Crippen LogP contribution >= 0.6 is 0 Å². The van der Waals surface area contributed by atoms with Gasteiger partial charge in [-0.3, -0.25) is 4.90 Å². The third-order valence-corrected chi connectivity index (χ3v) is 2.65. The van der Waals surface area contributed by atoms with Crippen molar-refractivity contribution in [3.63, 3.8) is 0 Å². The van der Waals surface area contributed by atoms with Crippen LogP contribution in [0.1, 0.15) is 13.8 Å². The summed E-state index contributed by atoms with van der Waals surface area (Å²) in [6, 6.07) is -0.0456. The average Bonchev–Trinajstić information content (AvgIpc) is 1.95. The Morgan fingerprint density at radius 3 is 1.93 bits per heavy atom. The summed E-state index contributed by atoms with van der Waals surface area (Å²) in [6.45, 7) is 4.32. The molecular weight excluding hydrogens is 193 g/mol. The summed E-state index contributed by atoms with van der Waals surface area (Å²) in [5.41, 5.74) is 0. The van der Waals surface area contributed by atoms with Gasteiger partial charge in [0.05, 0.1) is 6.54 Å². The molecule has 0 amide bonds. The number of likely N-dealkylation sites (N-methyl/N-ethyl adjacent to an activating group) is 1. The smallest absolute Gasteiger partial charge is 0.303 e. The van der Waals surface area contributed by atoms with Crippen molar-refractivity contribution in [1.29, 1.82) is 0 Å². The first-order valence-corrected chi connectivity index (χ1v) is 4.80. The number of hydrogen-bond acceptors (Lipinski definition) is 2. The SMILES string of the molecule is CC1CN(C)CC(C)N1CC(F)(F)F. The molecular formula is C9H17F3N2. The van der Waals surface area contributed by atoms with Crippen LogP contribution in [-0.2, 0) is 0 Å². The van der Waals surface area contributed by atoms with Gasteiger partial charge in [0.15, 0.2) is 0 Å². The second-order valence-corrected chi connectivity index (χ2v) is 4.21. The summed E-state index contributed by atoms with van der Waals surface area (Å²) in [5.74, 6) is 0. The Hall–Kier alpha value is -0.290. The van der Waals surface area contributed by atoms with Gasteiger partial charge >= 0.3 is 6.18 Å². The maximum Gasteiger partial charge on any atom is 0.401 e. The van der Waals surface area contributed by atoms with E-state index in [1.54, 1.807) is 0 Å². The van der Waals surface area contributed by atoms with Crippen LogP contribution in [0.4, 0.5) is 13.2 Å². The molecule has 2 unspecified atom stereocenters. The van der Waals surface area contributed by atoms with Crippen molar-refractivity contribution < 1.29 is 13.2 Å². The normalized spacial score (nSPS) is 32.1. The lowest BCUT2D eigenvalue weighted by Gasteiger charge is -2.43. The van der Waals surface area contributed by atoms with E-state index >= 15 is 0 Å². The molecule has 1 fully saturated rings. The summed E-state index contributed by atoms with van der Waals surface area (Å²) < 4.78 is 36.7. The monoisotopic (exact) mass is 210 g/mol. The van der Waals surface area contributed by atoms with Crippen LogP contribution in [0.15, 0.2) is 0 Å². The van der Waals surface area contributed by atoms with Gasteiger partial charge in [-0.1, -0.05) is 0 Å². The van der Waals surface area contributed by atoms with Crippen molar-refractivity contribution >= 4 is 0 Å². The number of rotatable bonds is 1. The van der Waals surface area contributed by atoms with Crippen LogP contribution in [0, 0.1) is 0 Å². The van der Waals surface area contributed by atoms with E-state index in [1.807, 2.05) is 20.9 Å². The van der Waals surface area contributed by atoms with Gasteiger partial charge in [-0.05, 0) is 20.9 Å². The van der Waals surface area contributed by atoms with E-state index in [1.165, 1.54) is 4.90 Å². The summed E-state index contributed by atoms with van der Waals surface area (Å²) in [7, 11) is 1.94. The second-order valence-electron chi connectivity index (χ2n) is 4.21. The first-order valence-electron chi connectivity index (χ1n) is 4.80. The molecule has 0 saturated carbocycles. The summed E-state index contributed by atoms with van der Waals surface area (Å²) in [5, 5.41) is 0. The fraction of sp³-hybridized carbons (Fsp3) is 1.00. The second kappa shape index (κ2) is 4.06. The molecule has 0 aromatic rings. The number of piperazine rings is 1. The molecule has 2 atom stereocenters. The number of hydrogen-bond donors (Lipinski definition) is 0. The van der Waals surface area contributed by atoms with Crippen LogP contribution < -0.4 is 0 Å². The van der Waals surface area contributed by atoms with Crippen LogP contribution in [0.25, 0.3) is 0 Å². The Kier molecular flexibility index (Phi) is 3.42. The molecule has 0 bridgehead atoms. The van der Waals surface area contributed by atoms with E-state index in [0.29, 0.717) is 13.1 Å². The Labute approximate surface area is 82.7 Å². The first kappa shape index (κ1) is 11.8. The predicted octanol–water partition coefficient (Wildman–Crippen LogP) is 1.57. The van der Waals surface area contributed by atoms with Gasteiger partial charge in [0, 0.05) is 25.2 Å². The molecule has 1 rings (SSSR count). The number of alkyl halides is 3. The molecule has 1 aliphatic heterocycles. The topological polar surface area (TPSA) is 6.48 Å². The number of halogens is 3. The zero-order chi connectivity index (χ0) is 10.9. The van der Waals surface area contributed by atoms with E-state index in [-0.39, 0.29) is 12.1 Å². The molecule has 0 aromatic heterocycles. The zero-order valence-corrected chi connectivity index (χ0v) is 8.80. The highest BCUT2D eigenvalue weighted by Crippen LogP contribution is 2.22. The van der Waals surface area contributed by atoms with Gasteiger partial charge in [-0.2, -0.15) is 13.2 Å². The third-order valence-electron chi connectivity index (χ3n) is 2.65. The maximum absolute atomic E-state index is 12.2. The average molecular weight is 210 g/mol. The van der Waals surface area contributed by atoms with Crippen molar-refractivity contribution in [1.82, 2.24) is 9.80 Å². The van der Waals surface area contributed by atoms with E-state index in [4.69, 9.17) is 0 Å². The lowest BCUT2D eigenvalue weighted by Crippen LogP contribution is -2.57. The molecule has 0 aliphatic carbocycles. The fourth-order valence-electron chi connectivity index (χ4n) is 2.14. The van der Waals surface area contributed by atoms with E-state index in [2.05, 4.69) is 4.90 Å². The van der Waals surface area contributed by atoms with Crippen LogP contribution in [0.5, 0.6) is 0 Å². The van der Waals surface area contributed by atoms with Crippen molar-refractivity contribution in [3.05, 3.63) is 0 Å². The molecule has 1 saturated heterocycles. The van der Waals surface area contributed by atoms with Crippen molar-refractivity contribution in [2.75, 3.05) is 26.7 Å². The predicted molar refractivity (Wildman–Crippen MR) is 49.2 cm³/mol. The molecule has 0 spiro atoms. The largest absolute Gasteiger partial charge is 0.401 e. The summed E-state index contributed by atoms with van der Waals surface area (Å²) in [6.07, 6.45) is -4.08. The van der Waals surface area contributed by atoms with Gasteiger partial charge in [0.1, 0.15) is 0 Å². The minimum atomic E-state index is -4.08. The van der Waals surface area contributed by atoms with Gasteiger partial charge < -0.3 is 4.90 Å². The molecule has 84 valence electrons. The first-order chi connectivity index (χ1) is 6.29. The van der Waals surface area contributed by atoms with Gasteiger partial charge in [-0.15, -0.1) is 0 Å². The molecule has 1 heterocycles. The summed E-state index contributed by atoms with van der Waals surface area (Å²) in [4.78, 5) is 3.60. The minimum absolute atomic E-state index is 0.0228. The van der Waals surface area contributed by atoms with Gasteiger partial charge in [0.25, 0.3) is 0 Å². The highest BCUT2D eigenvalue weighted by Gasteiger charge is 2.37. The lowest BCUT2D eigenvalue weighted by molar-refractivity contribution is -0.161. The van der Waals surface area contributed by atoms with Crippen molar-refractivity contribution in [2.24, 2.45) is 0 Å². The quantitative estimate of drug-likeness (QED) is 0.648. The summed E-state index contributed by atoms with van der Waals surface area (Å²) >= 11 is 0. The number of nitrogens with zero attached hydrogens (tertiary/aromatic N) is 2. The Bertz CT molecular complexity index is 181. The Morgan fingerprint density at radius 1 is 1.14 bits per heavy atom. The Balaban J connectivity index is 2.58. The fourth-order valence-corrected chi connectivity index (χ4v) is 2.14. The molecule has 1 aliphatic rings. The molecule has 0 aromatic carbocycles. The molecule has 5 heteroatoms. The van der Waals surface area contributed by atoms with Crippen LogP contribution in [0.3, 0.4) is 0 Å². The highest BCUT2D eigenvalue weighted by atomic mass is 19.4. The van der Waals surface area contributed by atoms with E-state index in [0.717, 1.165) is 0 Å². The lowest BCUT2D eigenvalue weighted by atomic mass is 10.1. The Morgan fingerprint density at radius 2 is 1.57 bits per heavy atom. The van der Waals surface area contributed by atoms with Crippen LogP contribution in [-0.4, -0.2) is 54.7 Å².